The van der Waals surface area contributed by atoms with Crippen molar-refractivity contribution in [1.82, 2.24) is 0 Å². The molecule has 1 atom stereocenters. The van der Waals surface area contributed by atoms with Gasteiger partial charge in [0.1, 0.15) is 22.7 Å². The molecule has 0 radical (unpaired) electrons. The summed E-state index contributed by atoms with van der Waals surface area (Å²) in [5, 5.41) is 6.88. The van der Waals surface area contributed by atoms with E-state index < -0.39 is 5.41 Å². The molecule has 1 aliphatic heterocycles. The Morgan fingerprint density at radius 1 is 0.427 bits per heavy atom. The third-order valence-corrected chi connectivity index (χ3v) is 17.3. The van der Waals surface area contributed by atoms with Crippen LogP contribution >= 0.6 is 0 Å². The van der Waals surface area contributed by atoms with Gasteiger partial charge in [0.25, 0.3) is 0 Å². The minimum absolute atomic E-state index is 0.0875. The Kier molecular flexibility index (Phi) is 8.84. The van der Waals surface area contributed by atoms with Gasteiger partial charge in [-0.3, -0.25) is 0 Å². The molecule has 4 aliphatic rings. The number of allylic oxidation sites excluding steroid dienone is 4. The number of hydrogen-bond donors (Lipinski definition) is 0. The van der Waals surface area contributed by atoms with E-state index in [9.17, 15) is 0 Å². The highest BCUT2D eigenvalue weighted by Gasteiger charge is 2.54. The number of anilines is 3. The largest absolute Gasteiger partial charge is 0.456 e. The van der Waals surface area contributed by atoms with Crippen molar-refractivity contribution in [1.29, 1.82) is 0 Å². The summed E-state index contributed by atoms with van der Waals surface area (Å²) in [4.78, 5) is 2.43. The Morgan fingerprint density at radius 3 is 1.72 bits per heavy atom. The number of benzene rings is 11. The smallest absolute Gasteiger partial charge is 0.140 e. The van der Waals surface area contributed by atoms with Crippen molar-refractivity contribution in [2.75, 3.05) is 4.90 Å². The van der Waals surface area contributed by atoms with Crippen LogP contribution in [0.3, 0.4) is 0 Å². The summed E-state index contributed by atoms with van der Waals surface area (Å²) < 4.78 is 13.5. The van der Waals surface area contributed by atoms with Gasteiger partial charge in [0.05, 0.1) is 5.41 Å². The third-order valence-electron chi connectivity index (χ3n) is 17.3. The summed E-state index contributed by atoms with van der Waals surface area (Å²) in [5.41, 5.74) is 21.2. The first kappa shape index (κ1) is 42.3. The van der Waals surface area contributed by atoms with Crippen molar-refractivity contribution in [3.05, 3.63) is 287 Å². The fourth-order valence-electron chi connectivity index (χ4n) is 13.9. The monoisotopic (exact) mass is 959 g/mol. The Labute approximate surface area is 435 Å². The zero-order valence-electron chi connectivity index (χ0n) is 41.6. The molecule has 0 saturated heterocycles. The SMILES string of the molecule is CC1(C)c2ccccc2-c2cc(N(c3ccc(-c4ccc5oc6ccccc6c5c4)cc3)c3ccc(C4CC=CC5=C4c4ccccc4C54c5ccc6ccccc6c5Oc5c4ccc4ccccc54)cc3)ccc21. The molecule has 0 fully saturated rings. The zero-order chi connectivity index (χ0) is 49.6. The second kappa shape index (κ2) is 15.7. The zero-order valence-corrected chi connectivity index (χ0v) is 41.6. The van der Waals surface area contributed by atoms with E-state index in [0.717, 1.165) is 78.8 Å². The first-order chi connectivity index (χ1) is 36.9. The van der Waals surface area contributed by atoms with Crippen LogP contribution in [0.25, 0.3) is 71.3 Å². The number of ether oxygens (including phenoxy) is 1. The fourth-order valence-corrected chi connectivity index (χ4v) is 13.9. The van der Waals surface area contributed by atoms with Crippen LogP contribution in [0, 0.1) is 0 Å². The normalized spacial score (nSPS) is 16.2. The van der Waals surface area contributed by atoms with E-state index in [0.29, 0.717) is 0 Å². The summed E-state index contributed by atoms with van der Waals surface area (Å²) in [6.45, 7) is 4.71. The summed E-state index contributed by atoms with van der Waals surface area (Å²) in [5.74, 6) is 2.02. The van der Waals surface area contributed by atoms with Crippen LogP contribution < -0.4 is 9.64 Å². The summed E-state index contributed by atoms with van der Waals surface area (Å²) in [7, 11) is 0. The van der Waals surface area contributed by atoms with Crippen LogP contribution in [-0.2, 0) is 10.8 Å². The van der Waals surface area contributed by atoms with Gasteiger partial charge in [-0.05, 0) is 133 Å². The van der Waals surface area contributed by atoms with Crippen molar-refractivity contribution in [3.8, 4) is 33.8 Å². The van der Waals surface area contributed by atoms with Crippen molar-refractivity contribution >= 4 is 66.1 Å². The topological polar surface area (TPSA) is 25.6 Å². The predicted molar refractivity (Wildman–Crippen MR) is 309 cm³/mol. The van der Waals surface area contributed by atoms with E-state index in [4.69, 9.17) is 9.15 Å². The van der Waals surface area contributed by atoms with Crippen molar-refractivity contribution in [2.24, 2.45) is 0 Å². The first-order valence-electron chi connectivity index (χ1n) is 26.3. The molecule has 354 valence electrons. The van der Waals surface area contributed by atoms with Crippen molar-refractivity contribution < 1.29 is 9.15 Å². The lowest BCUT2D eigenvalue weighted by Gasteiger charge is -2.41. The van der Waals surface area contributed by atoms with Gasteiger partial charge in [-0.1, -0.05) is 202 Å². The third kappa shape index (κ3) is 5.92. The number of nitrogens with zero attached hydrogens (tertiary/aromatic N) is 1. The number of rotatable bonds is 5. The lowest BCUT2D eigenvalue weighted by atomic mass is 9.63. The average Bonchev–Trinajstić information content (AvgIpc) is 4.15. The molecule has 0 bridgehead atoms. The van der Waals surface area contributed by atoms with Crippen LogP contribution in [0.1, 0.15) is 65.1 Å². The van der Waals surface area contributed by atoms with Crippen molar-refractivity contribution in [2.45, 2.75) is 37.0 Å². The lowest BCUT2D eigenvalue weighted by molar-refractivity contribution is 0.446. The fraction of sp³-hybridized carbons (Fsp3) is 0.0833. The molecular weight excluding hydrogens is 911 g/mol. The summed E-state index contributed by atoms with van der Waals surface area (Å²) >= 11 is 0. The molecule has 3 heteroatoms. The second-order valence-electron chi connectivity index (χ2n) is 21.4. The highest BCUT2D eigenvalue weighted by atomic mass is 16.5. The molecule has 1 aromatic heterocycles. The lowest BCUT2D eigenvalue weighted by Crippen LogP contribution is -2.33. The van der Waals surface area contributed by atoms with Crippen molar-refractivity contribution in [3.63, 3.8) is 0 Å². The maximum atomic E-state index is 7.26. The van der Waals surface area contributed by atoms with E-state index in [1.165, 1.54) is 72.0 Å². The van der Waals surface area contributed by atoms with Crippen LogP contribution in [-0.4, -0.2) is 0 Å². The number of hydrogen-bond acceptors (Lipinski definition) is 3. The van der Waals surface area contributed by atoms with Gasteiger partial charge < -0.3 is 14.1 Å². The standard InChI is InChI=1S/C72H49NO2/c1-71(2)60-22-10-7-18-55(60)58-43-51(37-40-61(58)71)73(49-33-26-44(27-34-49)48-32-41-67-59(42-48)56-19-9-12-25-66(56)74-67)50-35-28-47(29-36-50)52-21-13-24-63-68(52)57-20-8-11-23-62(57)72(63)64-38-30-45-14-3-5-16-53(45)69(64)75-70-54-17-6-4-15-46(54)31-39-65(70)72/h3-20,22-43,52H,21H2,1-2H3. The van der Waals surface area contributed by atoms with E-state index in [2.05, 4.69) is 249 Å². The molecule has 12 aromatic rings. The Balaban J connectivity index is 0.841. The van der Waals surface area contributed by atoms with E-state index in [-0.39, 0.29) is 11.3 Å². The van der Waals surface area contributed by atoms with Crippen LogP contribution in [0.5, 0.6) is 11.5 Å². The van der Waals surface area contributed by atoms with Crippen LogP contribution in [0.4, 0.5) is 17.1 Å². The number of furan rings is 1. The highest BCUT2D eigenvalue weighted by Crippen LogP contribution is 2.66. The van der Waals surface area contributed by atoms with Gasteiger partial charge in [0, 0.05) is 61.1 Å². The maximum Gasteiger partial charge on any atom is 0.140 e. The molecule has 1 unspecified atom stereocenters. The Morgan fingerprint density at radius 2 is 0.987 bits per heavy atom. The molecule has 3 nitrogen and oxygen atoms in total. The van der Waals surface area contributed by atoms with Gasteiger partial charge in [-0.25, -0.2) is 0 Å². The van der Waals surface area contributed by atoms with Gasteiger partial charge in [-0.15, -0.1) is 0 Å². The molecule has 0 N–H and O–H groups in total. The van der Waals surface area contributed by atoms with E-state index >= 15 is 0 Å². The van der Waals surface area contributed by atoms with Gasteiger partial charge in [-0.2, -0.15) is 0 Å². The quantitative estimate of drug-likeness (QED) is 0.172. The Hall–Kier alpha value is -9.18. The molecule has 11 aromatic carbocycles. The first-order valence-corrected chi connectivity index (χ1v) is 26.3. The van der Waals surface area contributed by atoms with Crippen LogP contribution in [0.2, 0.25) is 0 Å². The van der Waals surface area contributed by atoms with E-state index in [1.54, 1.807) is 0 Å². The molecule has 2 heterocycles. The summed E-state index contributed by atoms with van der Waals surface area (Å²) in [6, 6.07) is 85.2. The molecular formula is C72H49NO2. The minimum Gasteiger partial charge on any atom is -0.456 e. The molecule has 1 spiro atoms. The molecule has 0 saturated carbocycles. The second-order valence-corrected chi connectivity index (χ2v) is 21.4. The predicted octanol–water partition coefficient (Wildman–Crippen LogP) is 19.3. The average molecular weight is 960 g/mol. The van der Waals surface area contributed by atoms with Gasteiger partial charge >= 0.3 is 0 Å². The summed E-state index contributed by atoms with van der Waals surface area (Å²) in [6.07, 6.45) is 5.77. The molecule has 75 heavy (non-hydrogen) atoms. The van der Waals surface area contributed by atoms with Gasteiger partial charge in [0.15, 0.2) is 0 Å². The van der Waals surface area contributed by atoms with Gasteiger partial charge in [0.2, 0.25) is 0 Å². The highest BCUT2D eigenvalue weighted by molar-refractivity contribution is 6.06. The van der Waals surface area contributed by atoms with Crippen LogP contribution in [0.15, 0.2) is 253 Å². The number of para-hydroxylation sites is 1. The minimum atomic E-state index is -0.584. The molecule has 3 aliphatic carbocycles. The van der Waals surface area contributed by atoms with E-state index in [1.807, 2.05) is 12.1 Å². The Bertz CT molecular complexity index is 4370. The molecule has 0 amide bonds. The maximum absolute atomic E-state index is 7.26. The number of fused-ring (bicyclic) bond motifs is 18. The molecule has 16 rings (SSSR count).